The summed E-state index contributed by atoms with van der Waals surface area (Å²) < 4.78 is 35.7. The summed E-state index contributed by atoms with van der Waals surface area (Å²) in [6, 6.07) is 3.19. The van der Waals surface area contributed by atoms with Crippen LogP contribution in [-0.2, 0) is 21.3 Å². The van der Waals surface area contributed by atoms with Gasteiger partial charge in [-0.15, -0.1) is 0 Å². The van der Waals surface area contributed by atoms with E-state index in [-0.39, 0.29) is 11.2 Å². The Hall–Kier alpha value is -0.890. The molecule has 1 aliphatic heterocycles. The fraction of sp³-hybridized carbons (Fsp3) is 0.692. The zero-order valence-corrected chi connectivity index (χ0v) is 12.9. The molecule has 1 N–H and O–H groups in total. The van der Waals surface area contributed by atoms with Gasteiger partial charge in [0.15, 0.2) is 0 Å². The summed E-state index contributed by atoms with van der Waals surface area (Å²) in [7, 11) is -0.520. The Morgan fingerprint density at radius 3 is 2.75 bits per heavy atom. The number of nitrogens with one attached hydrogen (secondary N) is 1. The number of rotatable bonds is 6. The van der Waals surface area contributed by atoms with Crippen LogP contribution in [0.15, 0.2) is 21.6 Å². The molecule has 0 aliphatic carbocycles. The van der Waals surface area contributed by atoms with Crippen LogP contribution in [0.2, 0.25) is 0 Å². The van der Waals surface area contributed by atoms with Gasteiger partial charge in [0.1, 0.15) is 5.76 Å². The molecule has 0 bridgehead atoms. The van der Waals surface area contributed by atoms with Crippen LogP contribution in [0, 0.1) is 5.92 Å². The van der Waals surface area contributed by atoms with Crippen molar-refractivity contribution in [3.8, 4) is 0 Å². The summed E-state index contributed by atoms with van der Waals surface area (Å²) in [5, 5.41) is 3.27. The van der Waals surface area contributed by atoms with Gasteiger partial charge in [-0.1, -0.05) is 0 Å². The second-order valence-corrected chi connectivity index (χ2v) is 7.35. The first-order valence-corrected chi connectivity index (χ1v) is 8.19. The summed E-state index contributed by atoms with van der Waals surface area (Å²) >= 11 is 0. The standard InChI is InChI=1S/C13H22N2O4S/c1-10-11(6-7-18-10)8-14-9-12-4-5-13(19-12)20(16,17)15(2)3/h4-5,10-11,14H,6-9H2,1-3H3. The van der Waals surface area contributed by atoms with Gasteiger partial charge in [-0.25, -0.2) is 12.7 Å². The summed E-state index contributed by atoms with van der Waals surface area (Å²) in [6.07, 6.45) is 1.34. The maximum Gasteiger partial charge on any atom is 0.275 e. The van der Waals surface area contributed by atoms with Gasteiger partial charge in [0.05, 0.1) is 12.6 Å². The van der Waals surface area contributed by atoms with E-state index in [1.54, 1.807) is 6.07 Å². The monoisotopic (exact) mass is 302 g/mol. The third-order valence-corrected chi connectivity index (χ3v) is 5.30. The van der Waals surface area contributed by atoms with Crippen LogP contribution in [0.4, 0.5) is 0 Å². The molecule has 6 nitrogen and oxygen atoms in total. The van der Waals surface area contributed by atoms with Gasteiger partial charge >= 0.3 is 0 Å². The quantitative estimate of drug-likeness (QED) is 0.850. The Labute approximate surface area is 120 Å². The van der Waals surface area contributed by atoms with Gasteiger partial charge in [0, 0.05) is 27.2 Å². The minimum atomic E-state index is -3.49. The summed E-state index contributed by atoms with van der Waals surface area (Å²) in [5.74, 6) is 1.13. The van der Waals surface area contributed by atoms with E-state index in [9.17, 15) is 8.42 Å². The van der Waals surface area contributed by atoms with Gasteiger partial charge < -0.3 is 14.5 Å². The smallest absolute Gasteiger partial charge is 0.275 e. The van der Waals surface area contributed by atoms with Gasteiger partial charge in [-0.3, -0.25) is 0 Å². The lowest BCUT2D eigenvalue weighted by Gasteiger charge is -2.14. The molecular formula is C13H22N2O4S. The zero-order valence-electron chi connectivity index (χ0n) is 12.1. The average Bonchev–Trinajstić information content (AvgIpc) is 2.99. The molecule has 1 aromatic rings. The molecule has 0 spiro atoms. The number of sulfonamides is 1. The lowest BCUT2D eigenvalue weighted by molar-refractivity contribution is 0.105. The van der Waals surface area contributed by atoms with Gasteiger partial charge in [0.25, 0.3) is 10.0 Å². The van der Waals surface area contributed by atoms with Crippen LogP contribution in [0.25, 0.3) is 0 Å². The van der Waals surface area contributed by atoms with Crippen molar-refractivity contribution in [2.45, 2.75) is 31.1 Å². The zero-order chi connectivity index (χ0) is 14.8. The number of hydrogen-bond donors (Lipinski definition) is 1. The van der Waals surface area contributed by atoms with Gasteiger partial charge in [0.2, 0.25) is 5.09 Å². The van der Waals surface area contributed by atoms with Crippen molar-refractivity contribution in [1.29, 1.82) is 0 Å². The van der Waals surface area contributed by atoms with Crippen LogP contribution in [-0.4, -0.2) is 46.1 Å². The molecule has 7 heteroatoms. The first-order valence-electron chi connectivity index (χ1n) is 6.75. The molecular weight excluding hydrogens is 280 g/mol. The highest BCUT2D eigenvalue weighted by Gasteiger charge is 2.24. The highest BCUT2D eigenvalue weighted by atomic mass is 32.2. The number of ether oxygens (including phenoxy) is 1. The van der Waals surface area contributed by atoms with Gasteiger partial charge in [-0.05, 0) is 31.4 Å². The molecule has 2 unspecified atom stereocenters. The Morgan fingerprint density at radius 1 is 1.40 bits per heavy atom. The van der Waals surface area contributed by atoms with E-state index in [0.29, 0.717) is 18.2 Å². The van der Waals surface area contributed by atoms with Crippen molar-refractivity contribution in [1.82, 2.24) is 9.62 Å². The third-order valence-electron chi connectivity index (χ3n) is 3.61. The fourth-order valence-electron chi connectivity index (χ4n) is 2.20. The van der Waals surface area contributed by atoms with Crippen molar-refractivity contribution < 1.29 is 17.6 Å². The molecule has 2 rings (SSSR count). The highest BCUT2D eigenvalue weighted by molar-refractivity contribution is 7.88. The van der Waals surface area contributed by atoms with Crippen molar-refractivity contribution in [2.75, 3.05) is 27.2 Å². The molecule has 114 valence electrons. The SMILES string of the molecule is CC1OCCC1CNCc1ccc(S(=O)(=O)N(C)C)o1. The predicted molar refractivity (Wildman–Crippen MR) is 74.8 cm³/mol. The van der Waals surface area contributed by atoms with Crippen LogP contribution < -0.4 is 5.32 Å². The number of nitrogens with zero attached hydrogens (tertiary/aromatic N) is 1. The van der Waals surface area contributed by atoms with Crippen LogP contribution >= 0.6 is 0 Å². The Kier molecular flexibility index (Phi) is 4.85. The molecule has 1 aromatic heterocycles. The molecule has 0 aromatic carbocycles. The van der Waals surface area contributed by atoms with E-state index in [1.165, 1.54) is 20.2 Å². The maximum atomic E-state index is 11.9. The van der Waals surface area contributed by atoms with Crippen molar-refractivity contribution in [3.63, 3.8) is 0 Å². The summed E-state index contributed by atoms with van der Waals surface area (Å²) in [6.45, 7) is 4.26. The molecule has 20 heavy (non-hydrogen) atoms. The van der Waals surface area contributed by atoms with E-state index in [1.807, 2.05) is 0 Å². The second kappa shape index (κ2) is 6.26. The topological polar surface area (TPSA) is 71.8 Å². The number of furan rings is 1. The summed E-state index contributed by atoms with van der Waals surface area (Å²) in [5.41, 5.74) is 0. The van der Waals surface area contributed by atoms with Crippen molar-refractivity contribution in [3.05, 3.63) is 17.9 Å². The largest absolute Gasteiger partial charge is 0.447 e. The normalized spacial score (nSPS) is 23.6. The predicted octanol–water partition coefficient (Wildman–Crippen LogP) is 1.04. The molecule has 1 aliphatic rings. The van der Waals surface area contributed by atoms with E-state index in [4.69, 9.17) is 9.15 Å². The van der Waals surface area contributed by atoms with Crippen LogP contribution in [0.1, 0.15) is 19.1 Å². The van der Waals surface area contributed by atoms with Crippen LogP contribution in [0.5, 0.6) is 0 Å². The Bertz CT molecular complexity index is 538. The van der Waals surface area contributed by atoms with E-state index < -0.39 is 10.0 Å². The highest BCUT2D eigenvalue weighted by Crippen LogP contribution is 2.20. The minimum absolute atomic E-state index is 0.0168. The average molecular weight is 302 g/mol. The first-order chi connectivity index (χ1) is 9.41. The maximum absolute atomic E-state index is 11.9. The van der Waals surface area contributed by atoms with Gasteiger partial charge in [-0.2, -0.15) is 0 Å². The first kappa shape index (κ1) is 15.5. The lowest BCUT2D eigenvalue weighted by Crippen LogP contribution is -2.26. The third kappa shape index (κ3) is 3.41. The van der Waals surface area contributed by atoms with E-state index >= 15 is 0 Å². The molecule has 1 fully saturated rings. The molecule has 0 radical (unpaired) electrons. The Morgan fingerprint density at radius 2 is 2.15 bits per heavy atom. The van der Waals surface area contributed by atoms with Crippen LogP contribution in [0.3, 0.4) is 0 Å². The van der Waals surface area contributed by atoms with E-state index in [0.717, 1.165) is 23.9 Å². The molecule has 0 saturated carbocycles. The van der Waals surface area contributed by atoms with Crippen molar-refractivity contribution in [2.24, 2.45) is 5.92 Å². The molecule has 0 amide bonds. The molecule has 2 heterocycles. The Balaban J connectivity index is 1.87. The molecule has 1 saturated heterocycles. The minimum Gasteiger partial charge on any atom is -0.447 e. The summed E-state index contributed by atoms with van der Waals surface area (Å²) in [4.78, 5) is 0. The lowest BCUT2D eigenvalue weighted by atomic mass is 10.0. The fourth-order valence-corrected chi connectivity index (χ4v) is 3.01. The number of hydrogen-bond acceptors (Lipinski definition) is 5. The van der Waals surface area contributed by atoms with Crippen molar-refractivity contribution >= 4 is 10.0 Å². The van der Waals surface area contributed by atoms with E-state index in [2.05, 4.69) is 12.2 Å². The molecule has 2 atom stereocenters. The second-order valence-electron chi connectivity index (χ2n) is 5.26.